The molecule has 1 atom stereocenters. The maximum atomic E-state index is 12.4. The van der Waals surface area contributed by atoms with E-state index in [-0.39, 0.29) is 18.0 Å². The van der Waals surface area contributed by atoms with Crippen LogP contribution in [0.15, 0.2) is 0 Å². The van der Waals surface area contributed by atoms with E-state index in [2.05, 4.69) is 0 Å². The second-order valence-corrected chi connectivity index (χ2v) is 9.23. The molecular formula is C11H25O4PS. The van der Waals surface area contributed by atoms with Crippen LogP contribution in [0.5, 0.6) is 0 Å². The fraction of sp³-hybridized carbons (Fsp3) is 1.00. The van der Waals surface area contributed by atoms with Gasteiger partial charge in [0, 0.05) is 10.5 Å². The average molecular weight is 284 g/mol. The van der Waals surface area contributed by atoms with E-state index in [0.717, 1.165) is 0 Å². The summed E-state index contributed by atoms with van der Waals surface area (Å²) in [4.78, 5) is 0. The van der Waals surface area contributed by atoms with E-state index in [1.807, 2.05) is 20.8 Å². The van der Waals surface area contributed by atoms with Gasteiger partial charge in [-0.15, -0.1) is 0 Å². The summed E-state index contributed by atoms with van der Waals surface area (Å²) < 4.78 is 22.8. The summed E-state index contributed by atoms with van der Waals surface area (Å²) in [5, 5.41) is 8.86. The number of hydrogen-bond donors (Lipinski definition) is 1. The van der Waals surface area contributed by atoms with Gasteiger partial charge in [-0.25, -0.2) is 0 Å². The Balaban J connectivity index is 4.77. The first-order valence-corrected chi connectivity index (χ1v) is 8.36. The summed E-state index contributed by atoms with van der Waals surface area (Å²) in [7, 11) is -3.47. The molecule has 0 amide bonds. The molecule has 0 aliphatic carbocycles. The molecule has 1 N–H and O–H groups in total. The third-order valence-electron chi connectivity index (χ3n) is 1.97. The van der Waals surface area contributed by atoms with E-state index < -0.39 is 12.9 Å². The van der Waals surface area contributed by atoms with Crippen molar-refractivity contribution in [2.75, 3.05) is 19.0 Å². The molecule has 17 heavy (non-hydrogen) atoms. The van der Waals surface area contributed by atoms with Gasteiger partial charge in [-0.1, -0.05) is 20.8 Å². The van der Waals surface area contributed by atoms with Crippen molar-refractivity contribution in [3.05, 3.63) is 0 Å². The van der Waals surface area contributed by atoms with Crippen molar-refractivity contribution in [3.63, 3.8) is 0 Å². The molecule has 0 aromatic heterocycles. The van der Waals surface area contributed by atoms with Crippen LogP contribution >= 0.6 is 19.4 Å². The highest BCUT2D eigenvalue weighted by Gasteiger charge is 2.46. The highest BCUT2D eigenvalue weighted by molar-refractivity contribution is 8.00. The molecule has 0 saturated carbocycles. The van der Waals surface area contributed by atoms with Gasteiger partial charge in [-0.2, -0.15) is 11.8 Å². The molecule has 6 heteroatoms. The zero-order chi connectivity index (χ0) is 13.7. The summed E-state index contributed by atoms with van der Waals surface area (Å²) in [6.07, 6.45) is 0. The van der Waals surface area contributed by atoms with Crippen LogP contribution in [0.3, 0.4) is 0 Å². The fourth-order valence-electron chi connectivity index (χ4n) is 1.09. The maximum absolute atomic E-state index is 12.4. The maximum Gasteiger partial charge on any atom is 0.362 e. The van der Waals surface area contributed by atoms with Crippen molar-refractivity contribution in [1.29, 1.82) is 0 Å². The molecule has 0 aromatic rings. The van der Waals surface area contributed by atoms with E-state index in [1.54, 1.807) is 13.8 Å². The van der Waals surface area contributed by atoms with Crippen LogP contribution in [-0.4, -0.2) is 34.2 Å². The van der Waals surface area contributed by atoms with Gasteiger partial charge in [-0.05, 0) is 20.8 Å². The Morgan fingerprint density at radius 3 is 1.82 bits per heavy atom. The Morgan fingerprint density at radius 1 is 1.12 bits per heavy atom. The molecule has 0 bridgehead atoms. The molecule has 0 aliphatic rings. The van der Waals surface area contributed by atoms with E-state index in [1.165, 1.54) is 18.7 Å². The molecule has 0 heterocycles. The van der Waals surface area contributed by atoms with Crippen molar-refractivity contribution >= 4 is 19.4 Å². The van der Waals surface area contributed by atoms with E-state index >= 15 is 0 Å². The van der Waals surface area contributed by atoms with Crippen LogP contribution in [0.25, 0.3) is 0 Å². The Kier molecular flexibility index (Phi) is 6.75. The van der Waals surface area contributed by atoms with Gasteiger partial charge in [-0.3, -0.25) is 4.57 Å². The second kappa shape index (κ2) is 6.58. The minimum atomic E-state index is -3.47. The van der Waals surface area contributed by atoms with Crippen molar-refractivity contribution in [2.24, 2.45) is 0 Å². The largest absolute Gasteiger partial charge is 0.377 e. The topological polar surface area (TPSA) is 55.8 Å². The monoisotopic (exact) mass is 284 g/mol. The minimum absolute atomic E-state index is 0.00670. The first-order chi connectivity index (χ1) is 7.58. The number of thioether (sulfide) groups is 1. The van der Waals surface area contributed by atoms with Crippen LogP contribution in [0.2, 0.25) is 0 Å². The smallest absolute Gasteiger partial charge is 0.362 e. The lowest BCUT2D eigenvalue weighted by atomic mass is 10.3. The molecule has 0 rings (SSSR count). The standard InChI is InChI=1S/C11H25O4PS/c1-7-14-16(13,15-8-2)11(6,12)9-17-10(3,4)5/h12H,7-9H2,1-6H3. The van der Waals surface area contributed by atoms with Crippen LogP contribution in [0.1, 0.15) is 41.5 Å². The summed E-state index contributed by atoms with van der Waals surface area (Å²) in [6, 6.07) is 0. The molecule has 0 aromatic carbocycles. The van der Waals surface area contributed by atoms with Gasteiger partial charge in [0.25, 0.3) is 0 Å². The summed E-state index contributed by atoms with van der Waals surface area (Å²) in [5.41, 5.74) is 0. The highest BCUT2D eigenvalue weighted by atomic mass is 32.2. The molecule has 1 unspecified atom stereocenters. The summed E-state index contributed by atoms with van der Waals surface area (Å²) in [6.45, 7) is 11.6. The van der Waals surface area contributed by atoms with Crippen molar-refractivity contribution in [1.82, 2.24) is 0 Å². The van der Waals surface area contributed by atoms with Gasteiger partial charge in [0.1, 0.15) is 0 Å². The van der Waals surface area contributed by atoms with Crippen LogP contribution < -0.4 is 0 Å². The Morgan fingerprint density at radius 2 is 1.53 bits per heavy atom. The molecule has 4 nitrogen and oxygen atoms in total. The first-order valence-electron chi connectivity index (χ1n) is 5.83. The lowest BCUT2D eigenvalue weighted by Gasteiger charge is -2.33. The predicted octanol–water partition coefficient (Wildman–Crippen LogP) is 3.49. The molecular weight excluding hydrogens is 259 g/mol. The molecule has 104 valence electrons. The molecule has 0 aliphatic heterocycles. The Bertz CT molecular complexity index is 263. The third-order valence-corrected chi connectivity index (χ3v) is 6.29. The summed E-state index contributed by atoms with van der Waals surface area (Å²) in [5.74, 6) is 0.313. The van der Waals surface area contributed by atoms with Crippen molar-refractivity contribution < 1.29 is 18.7 Å². The van der Waals surface area contributed by atoms with Gasteiger partial charge >= 0.3 is 7.60 Å². The van der Waals surface area contributed by atoms with E-state index in [4.69, 9.17) is 9.05 Å². The molecule has 0 spiro atoms. The average Bonchev–Trinajstić information content (AvgIpc) is 2.14. The van der Waals surface area contributed by atoms with Crippen molar-refractivity contribution in [3.8, 4) is 0 Å². The quantitative estimate of drug-likeness (QED) is 0.725. The lowest BCUT2D eigenvalue weighted by Crippen LogP contribution is -2.31. The highest BCUT2D eigenvalue weighted by Crippen LogP contribution is 2.59. The minimum Gasteiger partial charge on any atom is -0.377 e. The van der Waals surface area contributed by atoms with Crippen molar-refractivity contribution in [2.45, 2.75) is 51.6 Å². The second-order valence-electron chi connectivity index (χ2n) is 4.95. The van der Waals surface area contributed by atoms with Crippen LogP contribution in [-0.2, 0) is 13.6 Å². The summed E-state index contributed by atoms with van der Waals surface area (Å²) >= 11 is 1.54. The van der Waals surface area contributed by atoms with E-state index in [9.17, 15) is 9.67 Å². The van der Waals surface area contributed by atoms with Gasteiger partial charge in [0.2, 0.25) is 0 Å². The van der Waals surface area contributed by atoms with Gasteiger partial charge < -0.3 is 14.2 Å². The van der Waals surface area contributed by atoms with Crippen LogP contribution in [0, 0.1) is 0 Å². The molecule has 0 saturated heterocycles. The fourth-order valence-corrected chi connectivity index (χ4v) is 3.93. The Hall–Kier alpha value is 0.460. The number of hydrogen-bond acceptors (Lipinski definition) is 5. The van der Waals surface area contributed by atoms with Crippen LogP contribution in [0.4, 0.5) is 0 Å². The zero-order valence-electron chi connectivity index (χ0n) is 11.6. The number of aliphatic hydroxyl groups is 1. The number of rotatable bonds is 7. The zero-order valence-corrected chi connectivity index (χ0v) is 13.4. The normalized spacial score (nSPS) is 16.9. The SMILES string of the molecule is CCOP(=O)(OCC)C(C)(O)CSC(C)(C)C. The first kappa shape index (κ1) is 17.5. The van der Waals surface area contributed by atoms with Gasteiger partial charge in [0.15, 0.2) is 5.34 Å². The third kappa shape index (κ3) is 5.75. The lowest BCUT2D eigenvalue weighted by molar-refractivity contribution is 0.0987. The molecule has 0 radical (unpaired) electrons. The van der Waals surface area contributed by atoms with Gasteiger partial charge in [0.05, 0.1) is 13.2 Å². The Labute approximate surface area is 109 Å². The predicted molar refractivity (Wildman–Crippen MR) is 73.7 cm³/mol. The molecule has 0 fully saturated rings. The van der Waals surface area contributed by atoms with E-state index in [0.29, 0.717) is 5.75 Å².